The first-order valence-corrected chi connectivity index (χ1v) is 8.25. The predicted octanol–water partition coefficient (Wildman–Crippen LogP) is 1.47. The minimum atomic E-state index is -1.04. The third kappa shape index (κ3) is 10.3. The van der Waals surface area contributed by atoms with Crippen LogP contribution < -0.4 is 10.6 Å². The minimum Gasteiger partial charge on any atom is -0.480 e. The number of carbonyl (C=O) groups excluding carboxylic acids is 2. The van der Waals surface area contributed by atoms with E-state index in [2.05, 4.69) is 10.6 Å². The van der Waals surface area contributed by atoms with E-state index in [1.54, 1.807) is 34.6 Å². The zero-order valence-corrected chi connectivity index (χ0v) is 14.6. The van der Waals surface area contributed by atoms with Gasteiger partial charge in [-0.2, -0.15) is 11.8 Å². The normalized spacial score (nSPS) is 12.6. The van der Waals surface area contributed by atoms with Gasteiger partial charge in [0.1, 0.15) is 11.6 Å². The van der Waals surface area contributed by atoms with E-state index in [0.29, 0.717) is 12.3 Å². The lowest BCUT2D eigenvalue weighted by molar-refractivity contribution is -0.142. The summed E-state index contributed by atoms with van der Waals surface area (Å²) in [6, 6.07) is -0.881. The van der Waals surface area contributed by atoms with Crippen LogP contribution in [0.25, 0.3) is 0 Å². The SMILES string of the molecule is CC(C)C(NC(=O)CSCCNC(=O)OC(C)(C)C)C(=O)O. The Bertz CT molecular complexity index is 393. The molecular formula is C14H26N2O5S. The van der Waals surface area contributed by atoms with E-state index in [0.717, 1.165) is 0 Å². The standard InChI is InChI=1S/C14H26N2O5S/c1-9(2)11(12(18)19)16-10(17)8-22-7-6-15-13(20)21-14(3,4)5/h9,11H,6-8H2,1-5H3,(H,15,20)(H,16,17)(H,18,19). The fourth-order valence-electron chi connectivity index (χ4n) is 1.43. The van der Waals surface area contributed by atoms with Crippen molar-refractivity contribution in [2.24, 2.45) is 5.92 Å². The fraction of sp³-hybridized carbons (Fsp3) is 0.786. The summed E-state index contributed by atoms with van der Waals surface area (Å²) in [6.07, 6.45) is -0.497. The largest absolute Gasteiger partial charge is 0.480 e. The van der Waals surface area contributed by atoms with E-state index in [-0.39, 0.29) is 17.6 Å². The maximum absolute atomic E-state index is 11.6. The van der Waals surface area contributed by atoms with Crippen LogP contribution in [0.3, 0.4) is 0 Å². The van der Waals surface area contributed by atoms with Crippen LogP contribution in [-0.2, 0) is 14.3 Å². The number of rotatable bonds is 8. The number of carbonyl (C=O) groups is 3. The number of amides is 2. The molecule has 8 heteroatoms. The zero-order chi connectivity index (χ0) is 17.3. The maximum Gasteiger partial charge on any atom is 0.407 e. The first-order valence-electron chi connectivity index (χ1n) is 7.09. The number of thioether (sulfide) groups is 1. The van der Waals surface area contributed by atoms with E-state index in [4.69, 9.17) is 9.84 Å². The first-order chi connectivity index (χ1) is 10.0. The molecule has 0 aliphatic heterocycles. The first kappa shape index (κ1) is 20.6. The number of hydrogen-bond donors (Lipinski definition) is 3. The molecule has 0 aromatic rings. The number of ether oxygens (including phenoxy) is 1. The molecule has 0 fully saturated rings. The van der Waals surface area contributed by atoms with Gasteiger partial charge in [-0.3, -0.25) is 4.79 Å². The van der Waals surface area contributed by atoms with Gasteiger partial charge in [0.15, 0.2) is 0 Å². The molecule has 128 valence electrons. The van der Waals surface area contributed by atoms with Crippen molar-refractivity contribution in [1.82, 2.24) is 10.6 Å². The van der Waals surface area contributed by atoms with Crippen molar-refractivity contribution in [3.63, 3.8) is 0 Å². The van der Waals surface area contributed by atoms with E-state index in [1.807, 2.05) is 0 Å². The van der Waals surface area contributed by atoms with Crippen LogP contribution in [0.5, 0.6) is 0 Å². The number of aliphatic carboxylic acids is 1. The molecule has 0 saturated heterocycles. The second kappa shape index (κ2) is 9.55. The molecule has 0 spiro atoms. The lowest BCUT2D eigenvalue weighted by Crippen LogP contribution is -2.45. The predicted molar refractivity (Wildman–Crippen MR) is 86.0 cm³/mol. The van der Waals surface area contributed by atoms with Crippen molar-refractivity contribution in [3.8, 4) is 0 Å². The molecule has 0 aromatic heterocycles. The van der Waals surface area contributed by atoms with Crippen molar-refractivity contribution in [2.75, 3.05) is 18.1 Å². The molecule has 0 saturated carbocycles. The summed E-state index contributed by atoms with van der Waals surface area (Å²) in [6.45, 7) is 9.17. The Balaban J connectivity index is 3.86. The highest BCUT2D eigenvalue weighted by atomic mass is 32.2. The Labute approximate surface area is 135 Å². The Morgan fingerprint density at radius 2 is 1.82 bits per heavy atom. The van der Waals surface area contributed by atoms with Gasteiger partial charge < -0.3 is 20.5 Å². The third-order valence-electron chi connectivity index (χ3n) is 2.40. The summed E-state index contributed by atoms with van der Waals surface area (Å²) in [5.41, 5.74) is -0.542. The van der Waals surface area contributed by atoms with E-state index in [1.165, 1.54) is 11.8 Å². The highest BCUT2D eigenvalue weighted by molar-refractivity contribution is 7.99. The van der Waals surface area contributed by atoms with Crippen molar-refractivity contribution < 1.29 is 24.2 Å². The summed E-state index contributed by atoms with van der Waals surface area (Å²) >= 11 is 1.31. The minimum absolute atomic E-state index is 0.145. The van der Waals surface area contributed by atoms with Crippen molar-refractivity contribution in [2.45, 2.75) is 46.3 Å². The van der Waals surface area contributed by atoms with Gasteiger partial charge in [-0.1, -0.05) is 13.8 Å². The average Bonchev–Trinajstić information content (AvgIpc) is 2.32. The number of hydrogen-bond acceptors (Lipinski definition) is 5. The summed E-state index contributed by atoms with van der Waals surface area (Å²) in [7, 11) is 0. The molecule has 0 aliphatic carbocycles. The molecule has 0 bridgehead atoms. The molecule has 22 heavy (non-hydrogen) atoms. The summed E-state index contributed by atoms with van der Waals surface area (Å²) in [5.74, 6) is -0.873. The lowest BCUT2D eigenvalue weighted by atomic mass is 10.1. The molecule has 1 unspecified atom stereocenters. The molecule has 0 radical (unpaired) electrons. The summed E-state index contributed by atoms with van der Waals surface area (Å²) < 4.78 is 5.07. The van der Waals surface area contributed by atoms with E-state index < -0.39 is 23.7 Å². The molecule has 3 N–H and O–H groups in total. The van der Waals surface area contributed by atoms with E-state index >= 15 is 0 Å². The van der Waals surface area contributed by atoms with Crippen molar-refractivity contribution in [1.29, 1.82) is 0 Å². The lowest BCUT2D eigenvalue weighted by Gasteiger charge is -2.19. The molecule has 0 aromatic carbocycles. The van der Waals surface area contributed by atoms with Crippen LogP contribution in [0.2, 0.25) is 0 Å². The summed E-state index contributed by atoms with van der Waals surface area (Å²) in [4.78, 5) is 34.0. The van der Waals surface area contributed by atoms with Gasteiger partial charge in [-0.15, -0.1) is 0 Å². The summed E-state index contributed by atoms with van der Waals surface area (Å²) in [5, 5.41) is 14.0. The quantitative estimate of drug-likeness (QED) is 0.581. The van der Waals surface area contributed by atoms with Gasteiger partial charge in [0.25, 0.3) is 0 Å². The Morgan fingerprint density at radius 3 is 2.27 bits per heavy atom. The topological polar surface area (TPSA) is 105 Å². The van der Waals surface area contributed by atoms with Crippen LogP contribution in [0.1, 0.15) is 34.6 Å². The van der Waals surface area contributed by atoms with Gasteiger partial charge in [0.2, 0.25) is 5.91 Å². The maximum atomic E-state index is 11.6. The Morgan fingerprint density at radius 1 is 1.23 bits per heavy atom. The van der Waals surface area contributed by atoms with Gasteiger partial charge in [-0.05, 0) is 26.7 Å². The van der Waals surface area contributed by atoms with Crippen LogP contribution in [0.15, 0.2) is 0 Å². The Kier molecular flexibility index (Phi) is 8.93. The zero-order valence-electron chi connectivity index (χ0n) is 13.8. The fourth-order valence-corrected chi connectivity index (χ4v) is 2.09. The third-order valence-corrected chi connectivity index (χ3v) is 3.36. The highest BCUT2D eigenvalue weighted by Gasteiger charge is 2.23. The smallest absolute Gasteiger partial charge is 0.407 e. The van der Waals surface area contributed by atoms with Crippen molar-refractivity contribution >= 4 is 29.7 Å². The van der Waals surface area contributed by atoms with Gasteiger partial charge in [-0.25, -0.2) is 9.59 Å². The molecule has 2 amide bonds. The van der Waals surface area contributed by atoms with Crippen molar-refractivity contribution in [3.05, 3.63) is 0 Å². The molecule has 7 nitrogen and oxygen atoms in total. The van der Waals surface area contributed by atoms with Gasteiger partial charge in [0.05, 0.1) is 5.75 Å². The Hall–Kier alpha value is -1.44. The molecule has 0 rings (SSSR count). The van der Waals surface area contributed by atoms with Gasteiger partial charge >= 0.3 is 12.1 Å². The molecule has 0 aliphatic rings. The van der Waals surface area contributed by atoms with Crippen LogP contribution >= 0.6 is 11.8 Å². The van der Waals surface area contributed by atoms with Crippen LogP contribution in [0, 0.1) is 5.92 Å². The molecule has 0 heterocycles. The molecule has 1 atom stereocenters. The number of carboxylic acid groups (broad SMARTS) is 1. The van der Waals surface area contributed by atoms with Crippen LogP contribution in [0.4, 0.5) is 4.79 Å². The van der Waals surface area contributed by atoms with Gasteiger partial charge in [0, 0.05) is 12.3 Å². The van der Waals surface area contributed by atoms with E-state index in [9.17, 15) is 14.4 Å². The van der Waals surface area contributed by atoms with Crippen LogP contribution in [-0.4, -0.2) is 52.8 Å². The molecular weight excluding hydrogens is 308 g/mol. The second-order valence-corrected chi connectivity index (χ2v) is 7.21. The second-order valence-electron chi connectivity index (χ2n) is 6.11. The number of carboxylic acids is 1. The highest BCUT2D eigenvalue weighted by Crippen LogP contribution is 2.07. The number of nitrogens with one attached hydrogen (secondary N) is 2. The average molecular weight is 334 g/mol. The number of alkyl carbamates (subject to hydrolysis) is 1. The monoisotopic (exact) mass is 334 g/mol.